The topological polar surface area (TPSA) is 38.8 Å². The molecule has 1 aliphatic rings. The summed E-state index contributed by atoms with van der Waals surface area (Å²) in [6.07, 6.45) is 2.62. The standard InChI is InChI=1S/C18H21NO3S/c1-21-16-8-5-13(10-17(16)22-2)11-18(20)19(14-6-7-14)12-15-4-3-9-23-15/h3-5,8-10,14H,6-7,11-12H2,1-2H3. The quantitative estimate of drug-likeness (QED) is 0.779. The van der Waals surface area contributed by atoms with Crippen LogP contribution in [0.1, 0.15) is 23.3 Å². The molecule has 1 heterocycles. The summed E-state index contributed by atoms with van der Waals surface area (Å²) in [5.41, 5.74) is 0.949. The van der Waals surface area contributed by atoms with Crippen molar-refractivity contribution >= 4 is 17.2 Å². The van der Waals surface area contributed by atoms with Crippen molar-refractivity contribution in [3.05, 3.63) is 46.2 Å². The lowest BCUT2D eigenvalue weighted by Crippen LogP contribution is -2.33. The number of amides is 1. The molecule has 4 nitrogen and oxygen atoms in total. The Morgan fingerprint density at radius 2 is 2.00 bits per heavy atom. The monoisotopic (exact) mass is 331 g/mol. The zero-order valence-corrected chi connectivity index (χ0v) is 14.3. The number of methoxy groups -OCH3 is 2. The van der Waals surface area contributed by atoms with Crippen LogP contribution in [-0.2, 0) is 17.8 Å². The second-order valence-corrected chi connectivity index (χ2v) is 6.73. The van der Waals surface area contributed by atoms with Gasteiger partial charge in [0.05, 0.1) is 27.2 Å². The summed E-state index contributed by atoms with van der Waals surface area (Å²) < 4.78 is 10.6. The number of benzene rings is 1. The van der Waals surface area contributed by atoms with Gasteiger partial charge < -0.3 is 14.4 Å². The van der Waals surface area contributed by atoms with E-state index < -0.39 is 0 Å². The maximum atomic E-state index is 12.7. The van der Waals surface area contributed by atoms with Gasteiger partial charge in [-0.3, -0.25) is 4.79 Å². The van der Waals surface area contributed by atoms with Crippen molar-refractivity contribution < 1.29 is 14.3 Å². The molecule has 1 aliphatic carbocycles. The van der Waals surface area contributed by atoms with Crippen LogP contribution in [0, 0.1) is 0 Å². The maximum absolute atomic E-state index is 12.7. The van der Waals surface area contributed by atoms with Gasteiger partial charge in [0.1, 0.15) is 0 Å². The average molecular weight is 331 g/mol. The number of thiophene rings is 1. The molecule has 0 aliphatic heterocycles. The molecule has 1 aromatic heterocycles. The third kappa shape index (κ3) is 3.85. The number of hydrogen-bond acceptors (Lipinski definition) is 4. The highest BCUT2D eigenvalue weighted by molar-refractivity contribution is 7.09. The molecule has 1 amide bonds. The summed E-state index contributed by atoms with van der Waals surface area (Å²) in [5, 5.41) is 2.05. The van der Waals surface area contributed by atoms with Crippen LogP contribution >= 0.6 is 11.3 Å². The Bertz CT molecular complexity index is 665. The Labute approximate surface area is 140 Å². The fraction of sp³-hybridized carbons (Fsp3) is 0.389. The fourth-order valence-electron chi connectivity index (χ4n) is 2.64. The summed E-state index contributed by atoms with van der Waals surface area (Å²) in [6.45, 7) is 0.717. The van der Waals surface area contributed by atoms with Crippen molar-refractivity contribution in [2.45, 2.75) is 31.8 Å². The predicted octanol–water partition coefficient (Wildman–Crippen LogP) is 3.50. The molecule has 2 aromatic rings. The molecule has 0 spiro atoms. The van der Waals surface area contributed by atoms with E-state index >= 15 is 0 Å². The smallest absolute Gasteiger partial charge is 0.227 e. The Kier molecular flexibility index (Phi) is 4.86. The van der Waals surface area contributed by atoms with Crippen LogP contribution in [0.3, 0.4) is 0 Å². The normalized spacial score (nSPS) is 13.7. The van der Waals surface area contributed by atoms with Gasteiger partial charge in [-0.25, -0.2) is 0 Å². The third-order valence-corrected chi connectivity index (χ3v) is 4.88. The molecule has 0 N–H and O–H groups in total. The van der Waals surface area contributed by atoms with Gasteiger partial charge >= 0.3 is 0 Å². The molecule has 0 atom stereocenters. The summed E-state index contributed by atoms with van der Waals surface area (Å²) in [5.74, 6) is 1.52. The van der Waals surface area contributed by atoms with Crippen LogP contribution in [0.2, 0.25) is 0 Å². The molecule has 5 heteroatoms. The van der Waals surface area contributed by atoms with Gasteiger partial charge in [-0.2, -0.15) is 0 Å². The van der Waals surface area contributed by atoms with E-state index in [0.717, 1.165) is 18.4 Å². The first-order valence-electron chi connectivity index (χ1n) is 7.74. The van der Waals surface area contributed by atoms with Crippen LogP contribution in [0.25, 0.3) is 0 Å². The van der Waals surface area contributed by atoms with Gasteiger partial charge in [0.2, 0.25) is 5.91 Å². The maximum Gasteiger partial charge on any atom is 0.227 e. The molecular weight excluding hydrogens is 310 g/mol. The summed E-state index contributed by atoms with van der Waals surface area (Å²) >= 11 is 1.70. The minimum absolute atomic E-state index is 0.174. The number of carbonyl (C=O) groups is 1. The minimum Gasteiger partial charge on any atom is -0.493 e. The second-order valence-electron chi connectivity index (χ2n) is 5.70. The SMILES string of the molecule is COc1ccc(CC(=O)N(Cc2cccs2)C2CC2)cc1OC. The molecule has 0 radical (unpaired) electrons. The number of rotatable bonds is 7. The van der Waals surface area contributed by atoms with E-state index in [-0.39, 0.29) is 5.91 Å². The second kappa shape index (κ2) is 7.04. The molecule has 1 saturated carbocycles. The first-order chi connectivity index (χ1) is 11.2. The van der Waals surface area contributed by atoms with E-state index in [1.54, 1.807) is 25.6 Å². The molecule has 122 valence electrons. The third-order valence-electron chi connectivity index (χ3n) is 4.02. The van der Waals surface area contributed by atoms with Gasteiger partial charge in [-0.1, -0.05) is 12.1 Å². The number of nitrogens with zero attached hydrogens (tertiary/aromatic N) is 1. The highest BCUT2D eigenvalue weighted by Crippen LogP contribution is 2.31. The van der Waals surface area contributed by atoms with Gasteiger partial charge in [0.25, 0.3) is 0 Å². The van der Waals surface area contributed by atoms with Crippen molar-refractivity contribution in [2.75, 3.05) is 14.2 Å². The van der Waals surface area contributed by atoms with E-state index in [9.17, 15) is 4.79 Å². The van der Waals surface area contributed by atoms with E-state index in [4.69, 9.17) is 9.47 Å². The Balaban J connectivity index is 1.71. The first-order valence-corrected chi connectivity index (χ1v) is 8.62. The molecule has 0 unspecified atom stereocenters. The predicted molar refractivity (Wildman–Crippen MR) is 91.1 cm³/mol. The van der Waals surface area contributed by atoms with Gasteiger partial charge in [0.15, 0.2) is 11.5 Å². The molecule has 1 aromatic carbocycles. The Morgan fingerprint density at radius 3 is 2.61 bits per heavy atom. The molecule has 1 fully saturated rings. The van der Waals surface area contributed by atoms with Crippen LogP contribution < -0.4 is 9.47 Å². The lowest BCUT2D eigenvalue weighted by Gasteiger charge is -2.22. The largest absolute Gasteiger partial charge is 0.493 e. The molecule has 23 heavy (non-hydrogen) atoms. The van der Waals surface area contributed by atoms with Gasteiger partial charge in [-0.05, 0) is 42.0 Å². The lowest BCUT2D eigenvalue weighted by atomic mass is 10.1. The molecule has 0 saturated heterocycles. The van der Waals surface area contributed by atoms with Gasteiger partial charge in [0, 0.05) is 10.9 Å². The molecule has 0 bridgehead atoms. The highest BCUT2D eigenvalue weighted by atomic mass is 32.1. The zero-order chi connectivity index (χ0) is 16.2. The van der Waals surface area contributed by atoms with Crippen molar-refractivity contribution in [3.8, 4) is 11.5 Å². The molecular formula is C18H21NO3S. The number of hydrogen-bond donors (Lipinski definition) is 0. The fourth-order valence-corrected chi connectivity index (χ4v) is 3.35. The summed E-state index contributed by atoms with van der Waals surface area (Å²) in [7, 11) is 3.22. The zero-order valence-electron chi connectivity index (χ0n) is 13.5. The van der Waals surface area contributed by atoms with E-state index in [0.29, 0.717) is 30.5 Å². The Hall–Kier alpha value is -2.01. The van der Waals surface area contributed by atoms with Gasteiger partial charge in [-0.15, -0.1) is 11.3 Å². The minimum atomic E-state index is 0.174. The summed E-state index contributed by atoms with van der Waals surface area (Å²) in [6, 6.07) is 10.2. The number of carbonyl (C=O) groups excluding carboxylic acids is 1. The van der Waals surface area contributed by atoms with Crippen LogP contribution in [0.4, 0.5) is 0 Å². The van der Waals surface area contributed by atoms with Crippen molar-refractivity contribution in [1.82, 2.24) is 4.90 Å². The van der Waals surface area contributed by atoms with E-state index in [1.165, 1.54) is 4.88 Å². The van der Waals surface area contributed by atoms with Crippen LogP contribution in [0.5, 0.6) is 11.5 Å². The van der Waals surface area contributed by atoms with Crippen LogP contribution in [0.15, 0.2) is 35.7 Å². The van der Waals surface area contributed by atoms with E-state index in [2.05, 4.69) is 11.4 Å². The summed E-state index contributed by atoms with van der Waals surface area (Å²) in [4.78, 5) is 16.0. The lowest BCUT2D eigenvalue weighted by molar-refractivity contribution is -0.131. The van der Waals surface area contributed by atoms with E-state index in [1.807, 2.05) is 29.2 Å². The number of ether oxygens (including phenoxy) is 2. The van der Waals surface area contributed by atoms with Crippen molar-refractivity contribution in [2.24, 2.45) is 0 Å². The molecule has 3 rings (SSSR count). The highest BCUT2D eigenvalue weighted by Gasteiger charge is 2.32. The first kappa shape index (κ1) is 15.9. The van der Waals surface area contributed by atoms with Crippen molar-refractivity contribution in [1.29, 1.82) is 0 Å². The van der Waals surface area contributed by atoms with Crippen LogP contribution in [-0.4, -0.2) is 31.1 Å². The van der Waals surface area contributed by atoms with Crippen molar-refractivity contribution in [3.63, 3.8) is 0 Å². The average Bonchev–Trinajstić information content (AvgIpc) is 3.28. The Morgan fingerprint density at radius 1 is 1.22 bits per heavy atom.